The zero-order chi connectivity index (χ0) is 13.8. The monoisotopic (exact) mass is 345 g/mol. The van der Waals surface area contributed by atoms with Crippen molar-refractivity contribution >= 4 is 27.7 Å². The summed E-state index contributed by atoms with van der Waals surface area (Å²) in [6, 6.07) is 18.2. The number of halogens is 1. The second-order valence-electron chi connectivity index (χ2n) is 4.23. The van der Waals surface area contributed by atoms with Gasteiger partial charge in [-0.05, 0) is 24.3 Å². The van der Waals surface area contributed by atoms with Crippen molar-refractivity contribution in [3.05, 3.63) is 71.2 Å². The molecule has 0 spiro atoms. The molecule has 0 aliphatic rings. The summed E-state index contributed by atoms with van der Waals surface area (Å²) < 4.78 is 6.86. The van der Waals surface area contributed by atoms with Gasteiger partial charge in [0, 0.05) is 14.9 Å². The predicted molar refractivity (Wildman–Crippen MR) is 85.6 cm³/mol. The SMILES string of the molecule is Brc1ccc(SCc2ncc(-c3ccccc3)o2)cc1. The van der Waals surface area contributed by atoms with Crippen LogP contribution in [0.5, 0.6) is 0 Å². The molecule has 0 atom stereocenters. The fraction of sp³-hybridized carbons (Fsp3) is 0.0625. The van der Waals surface area contributed by atoms with Crippen molar-refractivity contribution in [1.82, 2.24) is 4.98 Å². The molecule has 0 N–H and O–H groups in total. The van der Waals surface area contributed by atoms with Crippen LogP contribution in [0, 0.1) is 0 Å². The lowest BCUT2D eigenvalue weighted by Gasteiger charge is -1.99. The van der Waals surface area contributed by atoms with Crippen LogP contribution in [0.1, 0.15) is 5.89 Å². The Kier molecular flexibility index (Phi) is 4.23. The van der Waals surface area contributed by atoms with Gasteiger partial charge >= 0.3 is 0 Å². The zero-order valence-corrected chi connectivity index (χ0v) is 13.0. The second-order valence-corrected chi connectivity index (χ2v) is 6.19. The summed E-state index contributed by atoms with van der Waals surface area (Å²) in [5.74, 6) is 2.29. The number of benzene rings is 2. The molecule has 4 heteroatoms. The molecule has 0 saturated carbocycles. The van der Waals surface area contributed by atoms with E-state index in [1.54, 1.807) is 18.0 Å². The van der Waals surface area contributed by atoms with Crippen molar-refractivity contribution < 1.29 is 4.42 Å². The first kappa shape index (κ1) is 13.5. The highest BCUT2D eigenvalue weighted by atomic mass is 79.9. The Morgan fingerprint density at radius 2 is 1.75 bits per heavy atom. The second kappa shape index (κ2) is 6.29. The summed E-state index contributed by atoms with van der Waals surface area (Å²) in [5.41, 5.74) is 1.06. The molecule has 2 aromatic carbocycles. The largest absolute Gasteiger partial charge is 0.440 e. The summed E-state index contributed by atoms with van der Waals surface area (Å²) in [5, 5.41) is 0. The molecule has 0 amide bonds. The third-order valence-corrected chi connectivity index (χ3v) is 4.31. The number of oxazole rings is 1. The number of hydrogen-bond donors (Lipinski definition) is 0. The molecule has 3 aromatic rings. The van der Waals surface area contributed by atoms with E-state index < -0.39 is 0 Å². The minimum Gasteiger partial charge on any atom is -0.440 e. The van der Waals surface area contributed by atoms with Crippen LogP contribution in [0.15, 0.2) is 74.6 Å². The van der Waals surface area contributed by atoms with E-state index in [1.807, 2.05) is 42.5 Å². The highest BCUT2D eigenvalue weighted by Crippen LogP contribution is 2.26. The van der Waals surface area contributed by atoms with E-state index in [4.69, 9.17) is 4.42 Å². The Labute approximate surface area is 130 Å². The van der Waals surface area contributed by atoms with Gasteiger partial charge in [0.15, 0.2) is 5.76 Å². The van der Waals surface area contributed by atoms with Gasteiger partial charge in [0.2, 0.25) is 5.89 Å². The van der Waals surface area contributed by atoms with Crippen LogP contribution in [0.2, 0.25) is 0 Å². The average molecular weight is 346 g/mol. The molecule has 0 saturated heterocycles. The molecule has 3 rings (SSSR count). The zero-order valence-electron chi connectivity index (χ0n) is 10.6. The summed E-state index contributed by atoms with van der Waals surface area (Å²) in [6.07, 6.45) is 1.78. The van der Waals surface area contributed by atoms with E-state index in [0.29, 0.717) is 0 Å². The van der Waals surface area contributed by atoms with Crippen LogP contribution in [0.25, 0.3) is 11.3 Å². The Morgan fingerprint density at radius 3 is 2.50 bits per heavy atom. The normalized spacial score (nSPS) is 10.7. The van der Waals surface area contributed by atoms with Crippen molar-refractivity contribution in [3.63, 3.8) is 0 Å². The minimum absolute atomic E-state index is 0.731. The third kappa shape index (κ3) is 3.32. The highest BCUT2D eigenvalue weighted by Gasteiger charge is 2.06. The Bertz CT molecular complexity index is 679. The summed E-state index contributed by atoms with van der Waals surface area (Å²) in [6.45, 7) is 0. The molecule has 0 aliphatic heterocycles. The van der Waals surface area contributed by atoms with Gasteiger partial charge in [-0.25, -0.2) is 4.98 Å². The van der Waals surface area contributed by atoms with Crippen LogP contribution >= 0.6 is 27.7 Å². The maximum atomic E-state index is 5.77. The maximum Gasteiger partial charge on any atom is 0.205 e. The van der Waals surface area contributed by atoms with Crippen LogP contribution in [-0.4, -0.2) is 4.98 Å². The molecule has 0 unspecified atom stereocenters. The van der Waals surface area contributed by atoms with Gasteiger partial charge < -0.3 is 4.42 Å². The van der Waals surface area contributed by atoms with Crippen LogP contribution in [0.3, 0.4) is 0 Å². The molecular formula is C16H12BrNOS. The maximum absolute atomic E-state index is 5.77. The van der Waals surface area contributed by atoms with Gasteiger partial charge in [0.1, 0.15) is 0 Å². The Morgan fingerprint density at radius 1 is 1.00 bits per heavy atom. The average Bonchev–Trinajstić information content (AvgIpc) is 2.97. The summed E-state index contributed by atoms with van der Waals surface area (Å²) >= 11 is 5.14. The van der Waals surface area contributed by atoms with Crippen molar-refractivity contribution in [2.75, 3.05) is 0 Å². The van der Waals surface area contributed by atoms with Crippen molar-refractivity contribution in [1.29, 1.82) is 0 Å². The molecule has 20 heavy (non-hydrogen) atoms. The standard InChI is InChI=1S/C16H12BrNOS/c17-13-6-8-14(9-7-13)20-11-16-18-10-15(19-16)12-4-2-1-3-5-12/h1-10H,11H2. The molecular weight excluding hydrogens is 334 g/mol. The fourth-order valence-corrected chi connectivity index (χ4v) is 2.81. The third-order valence-electron chi connectivity index (χ3n) is 2.79. The Hall–Kier alpha value is -1.52. The van der Waals surface area contributed by atoms with Gasteiger partial charge in [0.25, 0.3) is 0 Å². The van der Waals surface area contributed by atoms with Crippen molar-refractivity contribution in [3.8, 4) is 11.3 Å². The van der Waals surface area contributed by atoms with E-state index in [9.17, 15) is 0 Å². The van der Waals surface area contributed by atoms with Crippen molar-refractivity contribution in [2.24, 2.45) is 0 Å². The minimum atomic E-state index is 0.731. The topological polar surface area (TPSA) is 26.0 Å². The molecule has 2 nitrogen and oxygen atoms in total. The first-order valence-corrected chi connectivity index (χ1v) is 7.97. The van der Waals surface area contributed by atoms with Crippen LogP contribution < -0.4 is 0 Å². The molecule has 0 fully saturated rings. The first-order valence-electron chi connectivity index (χ1n) is 6.20. The predicted octanol–water partition coefficient (Wildman–Crippen LogP) is 5.40. The number of aromatic nitrogens is 1. The molecule has 0 aliphatic carbocycles. The van der Waals surface area contributed by atoms with Gasteiger partial charge in [-0.15, -0.1) is 11.8 Å². The lowest BCUT2D eigenvalue weighted by molar-refractivity contribution is 0.530. The van der Waals surface area contributed by atoms with E-state index >= 15 is 0 Å². The van der Waals surface area contributed by atoms with Crippen molar-refractivity contribution in [2.45, 2.75) is 10.6 Å². The van der Waals surface area contributed by atoms with Gasteiger partial charge in [-0.1, -0.05) is 46.3 Å². The summed E-state index contributed by atoms with van der Waals surface area (Å²) in [7, 11) is 0. The van der Waals surface area contributed by atoms with Crippen LogP contribution in [0.4, 0.5) is 0 Å². The molecule has 1 heterocycles. The number of rotatable bonds is 4. The smallest absolute Gasteiger partial charge is 0.205 e. The van der Waals surface area contributed by atoms with Gasteiger partial charge in [-0.3, -0.25) is 0 Å². The van der Waals surface area contributed by atoms with E-state index in [2.05, 4.69) is 33.0 Å². The highest BCUT2D eigenvalue weighted by molar-refractivity contribution is 9.10. The van der Waals surface area contributed by atoms with E-state index in [1.165, 1.54) is 4.90 Å². The Balaban J connectivity index is 1.67. The fourth-order valence-electron chi connectivity index (χ4n) is 1.79. The number of thioether (sulfide) groups is 1. The van der Waals surface area contributed by atoms with E-state index in [-0.39, 0.29) is 0 Å². The first-order chi connectivity index (χ1) is 9.81. The lowest BCUT2D eigenvalue weighted by atomic mass is 10.2. The van der Waals surface area contributed by atoms with E-state index in [0.717, 1.165) is 27.4 Å². The summed E-state index contributed by atoms with van der Waals surface area (Å²) in [4.78, 5) is 5.53. The molecule has 100 valence electrons. The van der Waals surface area contributed by atoms with Gasteiger partial charge in [0.05, 0.1) is 11.9 Å². The lowest BCUT2D eigenvalue weighted by Crippen LogP contribution is -1.79. The molecule has 0 radical (unpaired) electrons. The molecule has 0 bridgehead atoms. The number of nitrogens with zero attached hydrogens (tertiary/aromatic N) is 1. The number of hydrogen-bond acceptors (Lipinski definition) is 3. The quantitative estimate of drug-likeness (QED) is 0.592. The van der Waals surface area contributed by atoms with Crippen LogP contribution in [-0.2, 0) is 5.75 Å². The van der Waals surface area contributed by atoms with Gasteiger partial charge in [-0.2, -0.15) is 0 Å². The molecule has 1 aromatic heterocycles.